The molecule has 1 heterocycles. The minimum Gasteiger partial charge on any atom is -0.366 e. The second-order valence-corrected chi connectivity index (χ2v) is 5.02. The first-order chi connectivity index (χ1) is 9.54. The number of primary amides is 1. The van der Waals surface area contributed by atoms with Gasteiger partial charge in [0.15, 0.2) is 0 Å². The van der Waals surface area contributed by atoms with E-state index in [0.29, 0.717) is 11.4 Å². The fourth-order valence-electron chi connectivity index (χ4n) is 2.46. The van der Waals surface area contributed by atoms with E-state index in [-0.39, 0.29) is 12.1 Å². The number of nitrogens with two attached hydrogens (primary N) is 1. The molecule has 1 aliphatic rings. The normalized spacial score (nSPS) is 24.8. The Morgan fingerprint density at radius 1 is 1.45 bits per heavy atom. The molecule has 2 atom stereocenters. The lowest BCUT2D eigenvalue weighted by molar-refractivity contribution is -0.114. The SMILES string of the molecule is C=NN1/C(=C(\C)C(N)=O)NC(c2ccccc2)CC1C. The molecule has 0 radical (unpaired) electrons. The van der Waals surface area contributed by atoms with Gasteiger partial charge in [0, 0.05) is 6.72 Å². The zero-order valence-corrected chi connectivity index (χ0v) is 11.8. The van der Waals surface area contributed by atoms with Gasteiger partial charge in [0.05, 0.1) is 17.7 Å². The van der Waals surface area contributed by atoms with Crippen LogP contribution in [0.1, 0.15) is 31.9 Å². The molecule has 1 amide bonds. The van der Waals surface area contributed by atoms with Crippen LogP contribution in [0.2, 0.25) is 0 Å². The van der Waals surface area contributed by atoms with Crippen LogP contribution in [-0.2, 0) is 4.79 Å². The number of nitrogens with one attached hydrogen (secondary N) is 1. The zero-order valence-electron chi connectivity index (χ0n) is 11.8. The summed E-state index contributed by atoms with van der Waals surface area (Å²) in [6, 6.07) is 10.4. The fraction of sp³-hybridized carbons (Fsp3) is 0.333. The molecular weight excluding hydrogens is 252 g/mol. The predicted octanol–water partition coefficient (Wildman–Crippen LogP) is 1.74. The summed E-state index contributed by atoms with van der Waals surface area (Å²) in [6.45, 7) is 7.33. The number of hydrogen-bond acceptors (Lipinski definition) is 4. The molecule has 2 unspecified atom stereocenters. The molecular formula is C15H20N4O. The number of hydrogen-bond donors (Lipinski definition) is 2. The Labute approximate surface area is 119 Å². The molecule has 106 valence electrons. The van der Waals surface area contributed by atoms with E-state index in [1.165, 1.54) is 5.56 Å². The summed E-state index contributed by atoms with van der Waals surface area (Å²) in [5.41, 5.74) is 7.03. The maximum atomic E-state index is 11.4. The molecule has 5 nitrogen and oxygen atoms in total. The Kier molecular flexibility index (Phi) is 4.08. The molecule has 1 aromatic rings. The van der Waals surface area contributed by atoms with E-state index in [1.807, 2.05) is 18.2 Å². The van der Waals surface area contributed by atoms with Gasteiger partial charge in [0.2, 0.25) is 5.91 Å². The predicted molar refractivity (Wildman–Crippen MR) is 79.7 cm³/mol. The summed E-state index contributed by atoms with van der Waals surface area (Å²) >= 11 is 0. The van der Waals surface area contributed by atoms with Crippen molar-refractivity contribution in [3.8, 4) is 0 Å². The average Bonchev–Trinajstić information content (AvgIpc) is 2.46. The minimum absolute atomic E-state index is 0.133. The Hall–Kier alpha value is -2.30. The lowest BCUT2D eigenvalue weighted by Crippen LogP contribution is -2.45. The third kappa shape index (κ3) is 2.66. The molecule has 1 aliphatic heterocycles. The average molecular weight is 272 g/mol. The fourth-order valence-corrected chi connectivity index (χ4v) is 2.46. The number of rotatable bonds is 3. The van der Waals surface area contributed by atoms with E-state index in [0.717, 1.165) is 6.42 Å². The van der Waals surface area contributed by atoms with Crippen molar-refractivity contribution in [2.45, 2.75) is 32.4 Å². The maximum Gasteiger partial charge on any atom is 0.248 e. The van der Waals surface area contributed by atoms with Crippen LogP contribution in [0.15, 0.2) is 46.8 Å². The highest BCUT2D eigenvalue weighted by molar-refractivity contribution is 5.91. The van der Waals surface area contributed by atoms with Gasteiger partial charge in [-0.2, -0.15) is 5.10 Å². The van der Waals surface area contributed by atoms with Gasteiger partial charge >= 0.3 is 0 Å². The Balaban J connectivity index is 2.37. The van der Waals surface area contributed by atoms with Crippen molar-refractivity contribution >= 4 is 12.6 Å². The van der Waals surface area contributed by atoms with Crippen molar-refractivity contribution in [3.63, 3.8) is 0 Å². The second-order valence-electron chi connectivity index (χ2n) is 5.02. The lowest BCUT2D eigenvalue weighted by Gasteiger charge is -2.39. The zero-order chi connectivity index (χ0) is 14.7. The Bertz CT molecular complexity index is 538. The monoisotopic (exact) mass is 272 g/mol. The first-order valence-corrected chi connectivity index (χ1v) is 6.62. The number of amides is 1. The standard InChI is InChI=1S/C15H20N4O/c1-10-9-13(12-7-5-4-6-8-12)18-15(19(10)17-3)11(2)14(16)20/h4-8,10,13,18H,3,9H2,1-2H3,(H2,16,20)/b15-11+. The summed E-state index contributed by atoms with van der Waals surface area (Å²) in [5, 5.41) is 9.07. The van der Waals surface area contributed by atoms with Crippen molar-refractivity contribution in [2.24, 2.45) is 10.8 Å². The van der Waals surface area contributed by atoms with E-state index in [1.54, 1.807) is 11.9 Å². The number of carbonyl (C=O) groups excluding carboxylic acids is 1. The van der Waals surface area contributed by atoms with E-state index in [9.17, 15) is 4.79 Å². The maximum absolute atomic E-state index is 11.4. The van der Waals surface area contributed by atoms with Gasteiger partial charge in [-0.1, -0.05) is 30.3 Å². The van der Waals surface area contributed by atoms with E-state index in [4.69, 9.17) is 5.73 Å². The van der Waals surface area contributed by atoms with Crippen LogP contribution in [0, 0.1) is 0 Å². The van der Waals surface area contributed by atoms with Gasteiger partial charge < -0.3 is 11.1 Å². The van der Waals surface area contributed by atoms with E-state index < -0.39 is 5.91 Å². The molecule has 1 saturated heterocycles. The van der Waals surface area contributed by atoms with Gasteiger partial charge in [0.1, 0.15) is 5.82 Å². The van der Waals surface area contributed by atoms with Gasteiger partial charge in [-0.05, 0) is 25.8 Å². The third-order valence-electron chi connectivity index (χ3n) is 3.61. The molecule has 0 saturated carbocycles. The smallest absolute Gasteiger partial charge is 0.248 e. The molecule has 1 aromatic carbocycles. The summed E-state index contributed by atoms with van der Waals surface area (Å²) in [5.74, 6) is 0.183. The summed E-state index contributed by atoms with van der Waals surface area (Å²) < 4.78 is 0. The van der Waals surface area contributed by atoms with Gasteiger partial charge in [0.25, 0.3) is 0 Å². The molecule has 2 rings (SSSR count). The summed E-state index contributed by atoms with van der Waals surface area (Å²) in [7, 11) is 0. The summed E-state index contributed by atoms with van der Waals surface area (Å²) in [6.07, 6.45) is 0.874. The number of benzene rings is 1. The lowest BCUT2D eigenvalue weighted by atomic mass is 9.97. The molecule has 0 aromatic heterocycles. The first-order valence-electron chi connectivity index (χ1n) is 6.62. The van der Waals surface area contributed by atoms with Crippen LogP contribution in [0.4, 0.5) is 0 Å². The van der Waals surface area contributed by atoms with Crippen molar-refractivity contribution in [2.75, 3.05) is 0 Å². The number of carbonyl (C=O) groups is 1. The second kappa shape index (κ2) is 5.77. The van der Waals surface area contributed by atoms with Gasteiger partial charge in [-0.15, -0.1) is 0 Å². The quantitative estimate of drug-likeness (QED) is 0.650. The van der Waals surface area contributed by atoms with Crippen LogP contribution >= 0.6 is 0 Å². The van der Waals surface area contributed by atoms with Crippen molar-refractivity contribution in [1.29, 1.82) is 0 Å². The topological polar surface area (TPSA) is 70.7 Å². The Morgan fingerprint density at radius 3 is 2.65 bits per heavy atom. The highest BCUT2D eigenvalue weighted by atomic mass is 16.1. The van der Waals surface area contributed by atoms with Crippen LogP contribution in [0.5, 0.6) is 0 Å². The largest absolute Gasteiger partial charge is 0.366 e. The first kappa shape index (κ1) is 14.1. The van der Waals surface area contributed by atoms with Gasteiger partial charge in [-0.3, -0.25) is 4.79 Å². The Morgan fingerprint density at radius 2 is 2.10 bits per heavy atom. The molecule has 0 spiro atoms. The molecule has 5 heteroatoms. The molecule has 20 heavy (non-hydrogen) atoms. The van der Waals surface area contributed by atoms with Crippen molar-refractivity contribution < 1.29 is 4.79 Å². The van der Waals surface area contributed by atoms with Crippen LogP contribution in [0.25, 0.3) is 0 Å². The van der Waals surface area contributed by atoms with Crippen LogP contribution in [-0.4, -0.2) is 23.7 Å². The van der Waals surface area contributed by atoms with Gasteiger partial charge in [-0.25, -0.2) is 5.01 Å². The summed E-state index contributed by atoms with van der Waals surface area (Å²) in [4.78, 5) is 11.4. The molecule has 0 aliphatic carbocycles. The van der Waals surface area contributed by atoms with E-state index in [2.05, 4.69) is 36.2 Å². The third-order valence-corrected chi connectivity index (χ3v) is 3.61. The van der Waals surface area contributed by atoms with Crippen LogP contribution in [0.3, 0.4) is 0 Å². The number of nitrogens with zero attached hydrogens (tertiary/aromatic N) is 2. The van der Waals surface area contributed by atoms with Crippen molar-refractivity contribution in [3.05, 3.63) is 47.3 Å². The van der Waals surface area contributed by atoms with E-state index >= 15 is 0 Å². The minimum atomic E-state index is -0.456. The molecule has 0 bridgehead atoms. The molecule has 1 fully saturated rings. The number of hydrazone groups is 1. The highest BCUT2D eigenvalue weighted by Gasteiger charge is 2.30. The molecule has 3 N–H and O–H groups in total. The van der Waals surface area contributed by atoms with Crippen molar-refractivity contribution in [1.82, 2.24) is 10.3 Å². The highest BCUT2D eigenvalue weighted by Crippen LogP contribution is 2.30. The van der Waals surface area contributed by atoms with Crippen LogP contribution < -0.4 is 11.1 Å².